The van der Waals surface area contributed by atoms with Crippen LogP contribution in [0.5, 0.6) is 0 Å². The Kier molecular flexibility index (Phi) is 3.43. The van der Waals surface area contributed by atoms with Crippen LogP contribution in [-0.4, -0.2) is 15.4 Å². The van der Waals surface area contributed by atoms with E-state index in [1.54, 1.807) is 6.07 Å². The van der Waals surface area contributed by atoms with Gasteiger partial charge in [-0.3, -0.25) is 4.40 Å². The number of rotatable bonds is 1. The van der Waals surface area contributed by atoms with Gasteiger partial charge in [0.1, 0.15) is 5.65 Å². The number of hydrogen-bond donors (Lipinski definition) is 0. The van der Waals surface area contributed by atoms with Crippen molar-refractivity contribution in [3.8, 4) is 0 Å². The van der Waals surface area contributed by atoms with Gasteiger partial charge in [0.15, 0.2) is 0 Å². The van der Waals surface area contributed by atoms with Crippen molar-refractivity contribution in [3.05, 3.63) is 47.7 Å². The number of carboxylic acid groups (broad SMARTS) is 1. The molecule has 0 aliphatic heterocycles. The molecule has 2 aromatic heterocycles. The summed E-state index contributed by atoms with van der Waals surface area (Å²) >= 11 is 0. The molecule has 0 saturated carbocycles. The summed E-state index contributed by atoms with van der Waals surface area (Å²) in [5, 5.41) is 11.0. The topological polar surface area (TPSA) is 57.4 Å². The Morgan fingerprint density at radius 2 is 1.94 bits per heavy atom. The Morgan fingerprint density at radius 3 is 2.67 bits per heavy atom. The van der Waals surface area contributed by atoms with E-state index in [1.165, 1.54) is 6.07 Å². The maximum atomic E-state index is 11.0. The van der Waals surface area contributed by atoms with Crippen LogP contribution in [0.4, 0.5) is 0 Å². The van der Waals surface area contributed by atoms with Gasteiger partial charge in [0.05, 0.1) is 17.0 Å². The second-order valence-electron chi connectivity index (χ2n) is 3.94. The van der Waals surface area contributed by atoms with E-state index in [9.17, 15) is 9.90 Å². The van der Waals surface area contributed by atoms with Gasteiger partial charge in [0.2, 0.25) is 0 Å². The van der Waals surface area contributed by atoms with Gasteiger partial charge in [-0.25, -0.2) is 4.98 Å². The van der Waals surface area contributed by atoms with Gasteiger partial charge < -0.3 is 9.90 Å². The minimum Gasteiger partial charge on any atom is -0.545 e. The minimum absolute atomic E-state index is 0. The SMILES string of the molecule is Cc1ccc(C(=O)[O-])c2nc3ccccc3n12.[Na+]. The van der Waals surface area contributed by atoms with Crippen LogP contribution < -0.4 is 34.7 Å². The summed E-state index contributed by atoms with van der Waals surface area (Å²) in [6.07, 6.45) is 0. The van der Waals surface area contributed by atoms with E-state index in [2.05, 4.69) is 4.98 Å². The van der Waals surface area contributed by atoms with E-state index >= 15 is 0 Å². The summed E-state index contributed by atoms with van der Waals surface area (Å²) in [4.78, 5) is 15.4. The van der Waals surface area contributed by atoms with Gasteiger partial charge in [-0.1, -0.05) is 12.1 Å². The van der Waals surface area contributed by atoms with Gasteiger partial charge in [0, 0.05) is 11.3 Å². The zero-order chi connectivity index (χ0) is 12.0. The first-order valence-electron chi connectivity index (χ1n) is 5.26. The third kappa shape index (κ3) is 1.82. The number of aromatic nitrogens is 2. The smallest absolute Gasteiger partial charge is 0.545 e. The molecule has 18 heavy (non-hydrogen) atoms. The molecule has 0 saturated heterocycles. The molecule has 3 rings (SSSR count). The van der Waals surface area contributed by atoms with Gasteiger partial charge >= 0.3 is 29.6 Å². The number of carbonyl (C=O) groups is 1. The summed E-state index contributed by atoms with van der Waals surface area (Å²) in [5.41, 5.74) is 3.18. The molecule has 0 N–H and O–H groups in total. The quantitative estimate of drug-likeness (QED) is 0.476. The van der Waals surface area contributed by atoms with Gasteiger partial charge in [-0.15, -0.1) is 0 Å². The zero-order valence-electron chi connectivity index (χ0n) is 10.2. The predicted molar refractivity (Wildman–Crippen MR) is 61.8 cm³/mol. The van der Waals surface area contributed by atoms with E-state index in [4.69, 9.17) is 0 Å². The minimum atomic E-state index is -1.20. The number of imidazole rings is 1. The largest absolute Gasteiger partial charge is 1.00 e. The summed E-state index contributed by atoms with van der Waals surface area (Å²) in [7, 11) is 0. The van der Waals surface area contributed by atoms with Gasteiger partial charge in [-0.2, -0.15) is 0 Å². The van der Waals surface area contributed by atoms with Crippen LogP contribution in [0.3, 0.4) is 0 Å². The van der Waals surface area contributed by atoms with Crippen LogP contribution in [-0.2, 0) is 0 Å². The molecule has 0 aliphatic carbocycles. The van der Waals surface area contributed by atoms with Crippen LogP contribution in [0.25, 0.3) is 16.7 Å². The molecule has 3 aromatic rings. The molecule has 0 unspecified atom stereocenters. The molecule has 0 fully saturated rings. The Bertz CT molecular complexity index is 749. The van der Waals surface area contributed by atoms with E-state index in [-0.39, 0.29) is 35.1 Å². The van der Waals surface area contributed by atoms with E-state index in [1.807, 2.05) is 35.6 Å². The number of hydrogen-bond acceptors (Lipinski definition) is 3. The Labute approximate surface area is 126 Å². The number of aromatic carboxylic acids is 1. The van der Waals surface area contributed by atoms with E-state index < -0.39 is 5.97 Å². The molecule has 0 spiro atoms. The van der Waals surface area contributed by atoms with Crippen LogP contribution in [0.15, 0.2) is 36.4 Å². The average Bonchev–Trinajstić information content (AvgIpc) is 2.68. The van der Waals surface area contributed by atoms with Crippen LogP contribution >= 0.6 is 0 Å². The van der Waals surface area contributed by atoms with Crippen molar-refractivity contribution < 1.29 is 39.5 Å². The fourth-order valence-electron chi connectivity index (χ4n) is 2.08. The second-order valence-corrected chi connectivity index (χ2v) is 3.94. The van der Waals surface area contributed by atoms with Crippen molar-refractivity contribution in [2.45, 2.75) is 6.92 Å². The summed E-state index contributed by atoms with van der Waals surface area (Å²) < 4.78 is 1.83. The number of aryl methyl sites for hydroxylation is 1. The van der Waals surface area contributed by atoms with E-state index in [0.29, 0.717) is 5.65 Å². The average molecular weight is 248 g/mol. The van der Waals surface area contributed by atoms with Crippen LogP contribution in [0, 0.1) is 6.92 Å². The zero-order valence-corrected chi connectivity index (χ0v) is 12.2. The monoisotopic (exact) mass is 248 g/mol. The van der Waals surface area contributed by atoms with Crippen molar-refractivity contribution in [1.82, 2.24) is 9.38 Å². The van der Waals surface area contributed by atoms with Crippen molar-refractivity contribution in [1.29, 1.82) is 0 Å². The molecule has 0 radical (unpaired) electrons. The summed E-state index contributed by atoms with van der Waals surface area (Å²) in [5.74, 6) is -1.20. The predicted octanol–water partition coefficient (Wildman–Crippen LogP) is -1.84. The number of pyridine rings is 1. The summed E-state index contributed by atoms with van der Waals surface area (Å²) in [6.45, 7) is 1.92. The van der Waals surface area contributed by atoms with Crippen molar-refractivity contribution in [3.63, 3.8) is 0 Å². The standard InChI is InChI=1S/C13H10N2O2.Na/c1-8-6-7-9(13(16)17)12-14-10-4-2-3-5-11(10)15(8)12;/h2-7H,1H3,(H,16,17);/q;+1/p-1. The van der Waals surface area contributed by atoms with Crippen molar-refractivity contribution in [2.75, 3.05) is 0 Å². The number of nitrogens with zero attached hydrogens (tertiary/aromatic N) is 2. The normalized spacial score (nSPS) is 10.5. The first kappa shape index (κ1) is 13.1. The first-order valence-corrected chi connectivity index (χ1v) is 5.26. The van der Waals surface area contributed by atoms with Gasteiger partial charge in [-0.05, 0) is 31.2 Å². The van der Waals surface area contributed by atoms with Crippen LogP contribution in [0.2, 0.25) is 0 Å². The third-order valence-electron chi connectivity index (χ3n) is 2.87. The molecule has 0 amide bonds. The van der Waals surface area contributed by atoms with Gasteiger partial charge in [0.25, 0.3) is 0 Å². The number of carboxylic acids is 1. The Morgan fingerprint density at radius 1 is 1.22 bits per heavy atom. The molecule has 0 aliphatic rings. The van der Waals surface area contributed by atoms with Crippen molar-refractivity contribution >= 4 is 22.6 Å². The molecular weight excluding hydrogens is 239 g/mol. The first-order chi connectivity index (χ1) is 8.18. The number of para-hydroxylation sites is 2. The molecule has 0 atom stereocenters. The number of benzene rings is 1. The fraction of sp³-hybridized carbons (Fsp3) is 0.0769. The molecule has 4 nitrogen and oxygen atoms in total. The Hall–Kier alpha value is -1.36. The number of fused-ring (bicyclic) bond motifs is 3. The van der Waals surface area contributed by atoms with E-state index in [0.717, 1.165) is 16.7 Å². The Balaban J connectivity index is 0.00000120. The molecule has 1 aromatic carbocycles. The maximum absolute atomic E-state index is 11.0. The molecule has 2 heterocycles. The molecule has 5 heteroatoms. The van der Waals surface area contributed by atoms with Crippen molar-refractivity contribution in [2.24, 2.45) is 0 Å². The fourth-order valence-corrected chi connectivity index (χ4v) is 2.08. The molecular formula is C13H9N2NaO2. The second kappa shape index (κ2) is 4.72. The third-order valence-corrected chi connectivity index (χ3v) is 2.87. The maximum Gasteiger partial charge on any atom is 1.00 e. The molecule has 84 valence electrons. The summed E-state index contributed by atoms with van der Waals surface area (Å²) in [6, 6.07) is 10.9. The molecule has 0 bridgehead atoms. The van der Waals surface area contributed by atoms with Crippen LogP contribution in [0.1, 0.15) is 16.1 Å². The number of carbonyl (C=O) groups excluding carboxylic acids is 1.